The minimum absolute atomic E-state index is 0.233. The van der Waals surface area contributed by atoms with Crippen molar-refractivity contribution in [3.8, 4) is 0 Å². The van der Waals surface area contributed by atoms with Gasteiger partial charge in [-0.25, -0.2) is 0 Å². The van der Waals surface area contributed by atoms with Crippen LogP contribution in [0.5, 0.6) is 0 Å². The fraction of sp³-hybridized carbons (Fsp3) is 0.400. The van der Waals surface area contributed by atoms with Gasteiger partial charge in [-0.1, -0.05) is 5.87 Å². The largest absolute Gasteiger partial charge is 0.172 e. The molecule has 0 aliphatic rings. The summed E-state index contributed by atoms with van der Waals surface area (Å²) in [5, 5.41) is 4.17. The standard InChI is InChI=1S/C5H10S2/c1-6-4-5-7(2)3/h4-5H,2H2,1,3H3. The minimum atomic E-state index is 0.233. The molecule has 7 heavy (non-hydrogen) atoms. The number of hydrogen-bond donors (Lipinski definition) is 0. The molecule has 0 nitrogen and oxygen atoms in total. The monoisotopic (exact) mass is 134 g/mol. The molecule has 1 atom stereocenters. The molecule has 0 rings (SSSR count). The van der Waals surface area contributed by atoms with E-state index in [-0.39, 0.29) is 10.5 Å². The first kappa shape index (κ1) is 7.31. The van der Waals surface area contributed by atoms with Crippen LogP contribution in [0.4, 0.5) is 0 Å². The van der Waals surface area contributed by atoms with Crippen molar-refractivity contribution in [3.05, 3.63) is 10.8 Å². The summed E-state index contributed by atoms with van der Waals surface area (Å²) in [5.74, 6) is 3.80. The zero-order valence-electron chi connectivity index (χ0n) is 4.68. The van der Waals surface area contributed by atoms with E-state index < -0.39 is 0 Å². The van der Waals surface area contributed by atoms with Crippen LogP contribution in [0.15, 0.2) is 10.8 Å². The van der Waals surface area contributed by atoms with E-state index >= 15 is 0 Å². The van der Waals surface area contributed by atoms with Crippen LogP contribution in [-0.2, 0) is 0 Å². The third-order valence-corrected chi connectivity index (χ3v) is 1.61. The van der Waals surface area contributed by atoms with Crippen molar-refractivity contribution in [1.82, 2.24) is 0 Å². The van der Waals surface area contributed by atoms with Crippen LogP contribution in [0.1, 0.15) is 0 Å². The highest BCUT2D eigenvalue weighted by Gasteiger charge is 1.65. The Morgan fingerprint density at radius 1 is 1.71 bits per heavy atom. The van der Waals surface area contributed by atoms with E-state index in [4.69, 9.17) is 0 Å². The molecular formula is C5H10S2. The lowest BCUT2D eigenvalue weighted by Gasteiger charge is -1.82. The van der Waals surface area contributed by atoms with Gasteiger partial charge in [-0.3, -0.25) is 0 Å². The van der Waals surface area contributed by atoms with E-state index in [9.17, 15) is 0 Å². The average Bonchev–Trinajstić information content (AvgIpc) is 1.61. The Hall–Kier alpha value is 0.310. The molecule has 1 unspecified atom stereocenters. The molecule has 0 heterocycles. The SMILES string of the molecule is C=S(C)C=CSC. The summed E-state index contributed by atoms with van der Waals surface area (Å²) in [5.41, 5.74) is 0. The molecular weight excluding hydrogens is 124 g/mol. The molecule has 0 spiro atoms. The predicted octanol–water partition coefficient (Wildman–Crippen LogP) is 2.15. The van der Waals surface area contributed by atoms with E-state index in [1.165, 1.54) is 0 Å². The smallest absolute Gasteiger partial charge is 0.0142 e. The molecule has 0 saturated heterocycles. The van der Waals surface area contributed by atoms with Crippen LogP contribution in [0.25, 0.3) is 0 Å². The maximum Gasteiger partial charge on any atom is -0.0142 e. The van der Waals surface area contributed by atoms with Gasteiger partial charge in [-0.2, -0.15) is 10.5 Å². The highest BCUT2D eigenvalue weighted by atomic mass is 32.2. The molecule has 42 valence electrons. The van der Waals surface area contributed by atoms with Crippen LogP contribution in [0, 0.1) is 0 Å². The first-order valence-electron chi connectivity index (χ1n) is 1.91. The fourth-order valence-electron chi connectivity index (χ4n) is 0.150. The van der Waals surface area contributed by atoms with E-state index in [0.717, 1.165) is 0 Å². The highest BCUT2D eigenvalue weighted by molar-refractivity contribution is 8.16. The second-order valence-electron chi connectivity index (χ2n) is 1.20. The highest BCUT2D eigenvalue weighted by Crippen LogP contribution is 2.06. The zero-order valence-corrected chi connectivity index (χ0v) is 6.31. The quantitative estimate of drug-likeness (QED) is 0.521. The van der Waals surface area contributed by atoms with Crippen molar-refractivity contribution in [2.75, 3.05) is 12.5 Å². The molecule has 0 aliphatic carbocycles. The molecule has 0 aromatic heterocycles. The fourth-order valence-corrected chi connectivity index (χ4v) is 1.35. The van der Waals surface area contributed by atoms with Gasteiger partial charge < -0.3 is 0 Å². The lowest BCUT2D eigenvalue weighted by atomic mass is 11.3. The van der Waals surface area contributed by atoms with Gasteiger partial charge in [0.2, 0.25) is 0 Å². The lowest BCUT2D eigenvalue weighted by molar-refractivity contribution is 2.39. The summed E-state index contributed by atoms with van der Waals surface area (Å²) in [7, 11) is 0.233. The van der Waals surface area contributed by atoms with E-state index in [1.807, 2.05) is 6.26 Å². The average molecular weight is 134 g/mol. The maximum absolute atomic E-state index is 3.80. The van der Waals surface area contributed by atoms with Crippen LogP contribution >= 0.6 is 22.2 Å². The normalized spacial score (nSPS) is 15.1. The van der Waals surface area contributed by atoms with Gasteiger partial charge in [0.15, 0.2) is 0 Å². The summed E-state index contributed by atoms with van der Waals surface area (Å²) in [4.78, 5) is 0. The van der Waals surface area contributed by atoms with Crippen molar-refractivity contribution in [2.24, 2.45) is 0 Å². The summed E-state index contributed by atoms with van der Waals surface area (Å²) in [6.45, 7) is 0. The first-order valence-corrected chi connectivity index (χ1v) is 5.06. The first-order chi connectivity index (χ1) is 3.27. The van der Waals surface area contributed by atoms with Crippen molar-refractivity contribution in [3.63, 3.8) is 0 Å². The van der Waals surface area contributed by atoms with Gasteiger partial charge in [0.05, 0.1) is 0 Å². The molecule has 0 bridgehead atoms. The Balaban J connectivity index is 3.26. The molecule has 0 N–H and O–H groups in total. The Kier molecular flexibility index (Phi) is 4.67. The van der Waals surface area contributed by atoms with Crippen LogP contribution < -0.4 is 0 Å². The third kappa shape index (κ3) is 6.31. The molecule has 0 fully saturated rings. The van der Waals surface area contributed by atoms with Crippen LogP contribution in [-0.4, -0.2) is 18.4 Å². The number of hydrogen-bond acceptors (Lipinski definition) is 1. The molecule has 2 heteroatoms. The van der Waals surface area contributed by atoms with Gasteiger partial charge in [0.25, 0.3) is 0 Å². The Morgan fingerprint density at radius 2 is 2.29 bits per heavy atom. The summed E-state index contributed by atoms with van der Waals surface area (Å²) >= 11 is 1.72. The zero-order chi connectivity index (χ0) is 5.70. The second-order valence-corrected chi connectivity index (χ2v) is 3.60. The molecule has 0 aliphatic heterocycles. The lowest BCUT2D eigenvalue weighted by Crippen LogP contribution is -1.48. The van der Waals surface area contributed by atoms with Crippen molar-refractivity contribution in [1.29, 1.82) is 0 Å². The predicted molar refractivity (Wildman–Crippen MR) is 43.3 cm³/mol. The minimum Gasteiger partial charge on any atom is -0.172 e. The Labute approximate surface area is 51.9 Å². The van der Waals surface area contributed by atoms with Gasteiger partial charge in [-0.05, 0) is 23.3 Å². The van der Waals surface area contributed by atoms with Gasteiger partial charge >= 0.3 is 0 Å². The van der Waals surface area contributed by atoms with Crippen LogP contribution in [0.3, 0.4) is 0 Å². The van der Waals surface area contributed by atoms with Crippen LogP contribution in [0.2, 0.25) is 0 Å². The molecule has 0 amide bonds. The van der Waals surface area contributed by atoms with Gasteiger partial charge in [-0.15, -0.1) is 11.8 Å². The third-order valence-electron chi connectivity index (χ3n) is 0.424. The molecule has 0 aromatic carbocycles. The molecule has 0 saturated carbocycles. The summed E-state index contributed by atoms with van der Waals surface area (Å²) in [6, 6.07) is 0. The van der Waals surface area contributed by atoms with Crippen molar-refractivity contribution < 1.29 is 0 Å². The van der Waals surface area contributed by atoms with Crippen molar-refractivity contribution in [2.45, 2.75) is 0 Å². The number of rotatable bonds is 2. The van der Waals surface area contributed by atoms with Gasteiger partial charge in [0, 0.05) is 0 Å². The van der Waals surface area contributed by atoms with E-state index in [2.05, 4.69) is 22.9 Å². The van der Waals surface area contributed by atoms with E-state index in [1.54, 1.807) is 11.8 Å². The topological polar surface area (TPSA) is 0 Å². The van der Waals surface area contributed by atoms with Crippen molar-refractivity contribution >= 4 is 28.1 Å². The van der Waals surface area contributed by atoms with E-state index in [0.29, 0.717) is 0 Å². The maximum atomic E-state index is 3.80. The molecule has 0 radical (unpaired) electrons. The Bertz CT molecular complexity index is 84.1. The van der Waals surface area contributed by atoms with Gasteiger partial charge in [0.1, 0.15) is 0 Å². The summed E-state index contributed by atoms with van der Waals surface area (Å²) in [6.07, 6.45) is 4.14. The second kappa shape index (κ2) is 4.47. The summed E-state index contributed by atoms with van der Waals surface area (Å²) < 4.78 is 0. The Morgan fingerprint density at radius 3 is 2.43 bits per heavy atom. The number of thioether (sulfide) groups is 1. The molecule has 0 aromatic rings.